The number of carboxylic acid groups (broad SMARTS) is 4. The lowest BCUT2D eigenvalue weighted by Gasteiger charge is -2.30. The number of aliphatic hydroxyl groups is 1. The van der Waals surface area contributed by atoms with Gasteiger partial charge in [0, 0.05) is 47.6 Å². The number of unbranched alkanes of at least 4 members (excludes halogenated alkanes) is 6. The van der Waals surface area contributed by atoms with Crippen molar-refractivity contribution in [1.29, 1.82) is 0 Å². The summed E-state index contributed by atoms with van der Waals surface area (Å²) in [4.78, 5) is 276. The van der Waals surface area contributed by atoms with Crippen LogP contribution in [-0.2, 0) is 102 Å². The Morgan fingerprint density at radius 3 is 1.69 bits per heavy atom. The van der Waals surface area contributed by atoms with E-state index in [0.717, 1.165) is 52.9 Å². The number of ketones is 1. The van der Waals surface area contributed by atoms with E-state index in [4.69, 9.17) is 21.9 Å². The van der Waals surface area contributed by atoms with E-state index in [1.165, 1.54) is 24.3 Å². The van der Waals surface area contributed by atoms with E-state index in [-0.39, 0.29) is 37.1 Å². The molecule has 1 aromatic heterocycles. The molecule has 1 fully saturated rings. The lowest BCUT2D eigenvalue weighted by molar-refractivity contribution is -0.156. The van der Waals surface area contributed by atoms with Gasteiger partial charge in [0.25, 0.3) is 0 Å². The zero-order valence-electron chi connectivity index (χ0n) is 63.6. The quantitative estimate of drug-likeness (QED) is 0.0113. The number of hydrogen-bond acceptors (Lipinski definition) is 24. The summed E-state index contributed by atoms with van der Waals surface area (Å²) in [7, 11) is 0. The number of nitrogens with one attached hydrogen (secondary N) is 14. The molecule has 5 unspecified atom stereocenters. The van der Waals surface area contributed by atoms with E-state index in [1.807, 2.05) is 16.0 Å². The lowest BCUT2D eigenvalue weighted by Crippen LogP contribution is -2.62. The molecule has 0 spiro atoms. The van der Waals surface area contributed by atoms with Crippen LogP contribution >= 0.6 is 0 Å². The number of rotatable bonds is 35. The molecule has 43 nitrogen and oxygen atoms in total. The molecule has 1 aliphatic heterocycles. The highest BCUT2D eigenvalue weighted by atomic mass is 16.5. The van der Waals surface area contributed by atoms with Crippen molar-refractivity contribution in [3.05, 3.63) is 65.9 Å². The van der Waals surface area contributed by atoms with E-state index in [1.54, 1.807) is 30.5 Å². The van der Waals surface area contributed by atoms with Gasteiger partial charge in [0.1, 0.15) is 72.6 Å². The average molecular weight is 1620 g/mol. The van der Waals surface area contributed by atoms with Gasteiger partial charge in [0.05, 0.1) is 51.8 Å². The smallest absolute Gasteiger partial charge is 0.329 e. The minimum atomic E-state index is -2.45. The van der Waals surface area contributed by atoms with Crippen LogP contribution in [0.5, 0.6) is 0 Å². The number of aromatic amines is 1. The minimum Gasteiger partial charge on any atom is -0.481 e. The van der Waals surface area contributed by atoms with Gasteiger partial charge in [-0.1, -0.05) is 82.7 Å². The van der Waals surface area contributed by atoms with E-state index in [0.29, 0.717) is 29.3 Å². The van der Waals surface area contributed by atoms with Crippen molar-refractivity contribution >= 4 is 135 Å². The van der Waals surface area contributed by atoms with Crippen LogP contribution in [0.25, 0.3) is 10.9 Å². The predicted octanol–water partition coefficient (Wildman–Crippen LogP) is -5.62. The maximum atomic E-state index is 14.8. The number of nitrogen functional groups attached to an aromatic ring is 1. The van der Waals surface area contributed by atoms with E-state index in [9.17, 15) is 121 Å². The number of esters is 1. The second kappa shape index (κ2) is 47.6. The summed E-state index contributed by atoms with van der Waals surface area (Å²) in [6.45, 7) is 1.11. The number of nitrogens with two attached hydrogens (primary N) is 3. The Morgan fingerprint density at radius 2 is 1.09 bits per heavy atom. The van der Waals surface area contributed by atoms with Gasteiger partial charge in [-0.2, -0.15) is 0 Å². The Balaban J connectivity index is 1.87. The van der Waals surface area contributed by atoms with Gasteiger partial charge in [-0.3, -0.25) is 91.1 Å². The van der Waals surface area contributed by atoms with Crippen LogP contribution in [0.15, 0.2) is 54.7 Å². The van der Waals surface area contributed by atoms with Gasteiger partial charge < -0.3 is 122 Å². The van der Waals surface area contributed by atoms with E-state index in [2.05, 4.69) is 65.1 Å². The number of aliphatic carboxylic acids is 4. The first-order chi connectivity index (χ1) is 54.4. The fraction of sp³-hybridized carbons (Fsp3) is 0.528. The number of para-hydroxylation sites is 2. The average Bonchev–Trinajstić information content (AvgIpc) is 1.72. The summed E-state index contributed by atoms with van der Waals surface area (Å²) in [5, 5.41) is 78.7. The third-order valence-corrected chi connectivity index (χ3v) is 17.9. The number of Topliss-reactive ketones (excluding diaryl/α,β-unsaturated/α-hetero) is 1. The number of H-pyrrole nitrogens is 1. The lowest BCUT2D eigenvalue weighted by atomic mass is 9.96. The first kappa shape index (κ1) is 94.7. The van der Waals surface area contributed by atoms with Crippen LogP contribution in [-0.4, -0.2) is 248 Å². The van der Waals surface area contributed by atoms with Crippen molar-refractivity contribution in [2.45, 2.75) is 209 Å². The molecule has 2 heterocycles. The molecular formula is C72H101N17O26. The highest BCUT2D eigenvalue weighted by Crippen LogP contribution is 2.22. The largest absolute Gasteiger partial charge is 0.481 e. The van der Waals surface area contributed by atoms with Crippen LogP contribution < -0.4 is 86.3 Å². The molecule has 43 heteroatoms. The number of cyclic esters (lactones) is 1. The normalized spacial score (nSPS) is 21.2. The Morgan fingerprint density at radius 1 is 0.548 bits per heavy atom. The number of aliphatic hydroxyl groups excluding tert-OH is 1. The molecule has 0 saturated carbocycles. The SMILES string of the molecule is CCCCCCCCCC(=O)NC(Cc1c[nH]c2ccccc12)C(=O)N[C@@H](CC(N)=O)C(=O)N[C@@H](CC(=O)O)C(=O)NC1C(=O)NCC(=O)N[C@@H](CCCN)C(=O)N[C@@H](CC(=O)O)C(=O)N[C@H](C)C(=O)N[C@@H](CC(=O)O)C(=O)NCC(=O)N[C@H](CO)C(=O)NC([C@@H](C)CC(=O)O)C(=O)NC(CC(=O)c2ccccc2N)C(=O)OC1C. The number of carbonyl (C=O) groups excluding carboxylic acids is 16. The molecule has 115 heavy (non-hydrogen) atoms. The number of hydrogen-bond donors (Lipinski definition) is 22. The highest BCUT2D eigenvalue weighted by Gasteiger charge is 2.41. The van der Waals surface area contributed by atoms with Crippen molar-refractivity contribution in [1.82, 2.24) is 74.1 Å². The Kier molecular flexibility index (Phi) is 39.2. The molecule has 3 aromatic rings. The molecule has 0 radical (unpaired) electrons. The standard InChI is InChI=1S/C72H101N17O26/c1-5-6-7-8-9-10-11-22-53(93)81-44(25-38-31-76-42-20-15-13-17-39(38)42)66(108)84-45(27-52(75)92)67(109)86-48(30-59(102)103)68(110)89-61-37(4)115-72(114)49(26-51(91)40-18-12-14-19-41(40)74)87-71(113)60(35(2)24-56(96)97)88-69(111)50(34-90)82-55(95)32-77-63(105)46(28-57(98)99)83-62(104)36(3)79-65(107)47(29-58(100)101)85-64(106)43(21-16-23-73)80-54(94)33-78-70(61)112/h12-15,17-20,31,35-37,43-50,60-61,76,90H,5-11,16,21-30,32-34,73-74H2,1-4H3,(H2,75,92)(H,77,105)(H,78,112)(H,79,107)(H,80,94)(H,81,93)(H,82,95)(H,83,104)(H,84,108)(H,85,106)(H,86,109)(H,87,113)(H,88,111)(H,89,110)(H,96,97)(H,98,99)(H,100,101)(H,102,103)/t35-,36+,37?,43-,44?,45-,46-,47-,48-,49?,50+,60?,61?/m0/s1. The van der Waals surface area contributed by atoms with Crippen LogP contribution in [0.3, 0.4) is 0 Å². The van der Waals surface area contributed by atoms with Crippen LogP contribution in [0.4, 0.5) is 5.69 Å². The maximum absolute atomic E-state index is 14.8. The molecule has 2 aromatic carbocycles. The number of fused-ring (bicyclic) bond motifs is 1. The third kappa shape index (κ3) is 32.5. The molecule has 0 aliphatic carbocycles. The van der Waals surface area contributed by atoms with Crippen molar-refractivity contribution in [2.24, 2.45) is 17.4 Å². The topological polar surface area (TPSA) is 702 Å². The van der Waals surface area contributed by atoms with Crippen LogP contribution in [0.2, 0.25) is 0 Å². The first-order valence-corrected chi connectivity index (χ1v) is 36.8. The maximum Gasteiger partial charge on any atom is 0.329 e. The van der Waals surface area contributed by atoms with Crippen LogP contribution in [0.1, 0.15) is 146 Å². The zero-order valence-corrected chi connectivity index (χ0v) is 63.6. The molecule has 14 amide bonds. The Labute approximate surface area is 657 Å². The summed E-state index contributed by atoms with van der Waals surface area (Å²) >= 11 is 0. The Hall–Kier alpha value is -12.7. The number of carboxylic acids is 4. The molecule has 13 atom stereocenters. The summed E-state index contributed by atoms with van der Waals surface area (Å²) in [5.74, 6) is -29.7. The van der Waals surface area contributed by atoms with Crippen molar-refractivity contribution in [3.63, 3.8) is 0 Å². The second-order valence-electron chi connectivity index (χ2n) is 27.2. The fourth-order valence-electron chi connectivity index (χ4n) is 11.7. The van der Waals surface area contributed by atoms with Crippen molar-refractivity contribution in [3.8, 4) is 0 Å². The Bertz CT molecular complexity index is 4040. The fourth-order valence-corrected chi connectivity index (χ4v) is 11.7. The van der Waals surface area contributed by atoms with Gasteiger partial charge in [-0.05, 0) is 69.3 Å². The van der Waals surface area contributed by atoms with Gasteiger partial charge in [0.15, 0.2) is 5.78 Å². The molecule has 1 saturated heterocycles. The van der Waals surface area contributed by atoms with E-state index < -0.39 is 261 Å². The number of aromatic nitrogens is 1. The minimum absolute atomic E-state index is 0.0186. The molecule has 0 bridgehead atoms. The van der Waals surface area contributed by atoms with Gasteiger partial charge in [-0.15, -0.1) is 0 Å². The summed E-state index contributed by atoms with van der Waals surface area (Å²) < 4.78 is 5.68. The summed E-state index contributed by atoms with van der Waals surface area (Å²) in [5.41, 5.74) is 18.1. The first-order valence-electron chi connectivity index (χ1n) is 36.8. The van der Waals surface area contributed by atoms with Crippen molar-refractivity contribution in [2.75, 3.05) is 32.0 Å². The van der Waals surface area contributed by atoms with Gasteiger partial charge in [0.2, 0.25) is 82.7 Å². The third-order valence-electron chi connectivity index (χ3n) is 17.9. The van der Waals surface area contributed by atoms with Crippen LogP contribution in [0, 0.1) is 5.92 Å². The zero-order chi connectivity index (χ0) is 85.8. The van der Waals surface area contributed by atoms with Gasteiger partial charge >= 0.3 is 29.8 Å². The second-order valence-corrected chi connectivity index (χ2v) is 27.2. The number of primary amides is 1. The monoisotopic (exact) mass is 1620 g/mol. The molecule has 630 valence electrons. The molecule has 4 rings (SSSR count). The van der Waals surface area contributed by atoms with Gasteiger partial charge in [-0.25, -0.2) is 4.79 Å². The highest BCUT2D eigenvalue weighted by molar-refractivity contribution is 6.05. The number of benzene rings is 2. The predicted molar refractivity (Wildman–Crippen MR) is 400 cm³/mol. The molecule has 1 aliphatic rings. The molecular weight excluding hydrogens is 1520 g/mol. The number of anilines is 1. The summed E-state index contributed by atoms with van der Waals surface area (Å²) in [6.07, 6.45) is -2.33. The van der Waals surface area contributed by atoms with Crippen molar-refractivity contribution < 1.29 is 126 Å². The van der Waals surface area contributed by atoms with E-state index >= 15 is 0 Å². The number of ether oxygens (including phenoxy) is 1. The number of carbonyl (C=O) groups is 20. The summed E-state index contributed by atoms with van der Waals surface area (Å²) in [6, 6.07) is -10.5. The molecule has 25 N–H and O–H groups in total. The number of amides is 14.